The molecule has 1 saturated carbocycles. The highest BCUT2D eigenvalue weighted by Gasteiger charge is 2.17. The van der Waals surface area contributed by atoms with Crippen LogP contribution in [-0.4, -0.2) is 14.2 Å². The second kappa shape index (κ2) is 5.24. The topological polar surface area (TPSA) is 18.5 Å². The Hall–Kier alpha value is -1.18. The fourth-order valence-electron chi connectivity index (χ4n) is 2.32. The summed E-state index contributed by atoms with van der Waals surface area (Å²) in [6.07, 6.45) is 6.48. The predicted molar refractivity (Wildman–Crippen MR) is 65.0 cm³/mol. The molecular formula is C14H19O2. The van der Waals surface area contributed by atoms with Crippen LogP contribution in [0.3, 0.4) is 0 Å². The Balaban J connectivity index is 2.20. The van der Waals surface area contributed by atoms with Gasteiger partial charge in [-0.1, -0.05) is 25.3 Å². The Bertz CT molecular complexity index is 341. The monoisotopic (exact) mass is 219 g/mol. The first-order valence-electron chi connectivity index (χ1n) is 5.92. The first-order chi connectivity index (χ1) is 7.85. The predicted octanol–water partition coefficient (Wildman–Crippen LogP) is 3.59. The van der Waals surface area contributed by atoms with E-state index < -0.39 is 0 Å². The van der Waals surface area contributed by atoms with Crippen LogP contribution in [0.5, 0.6) is 11.5 Å². The maximum atomic E-state index is 5.33. The molecule has 0 amide bonds. The zero-order chi connectivity index (χ0) is 11.4. The van der Waals surface area contributed by atoms with Gasteiger partial charge in [-0.05, 0) is 30.5 Å². The lowest BCUT2D eigenvalue weighted by Crippen LogP contribution is -2.05. The summed E-state index contributed by atoms with van der Waals surface area (Å²) in [4.78, 5) is 0. The Morgan fingerprint density at radius 2 is 1.56 bits per heavy atom. The van der Waals surface area contributed by atoms with E-state index >= 15 is 0 Å². The van der Waals surface area contributed by atoms with E-state index in [2.05, 4.69) is 12.1 Å². The van der Waals surface area contributed by atoms with Crippen molar-refractivity contribution in [3.63, 3.8) is 0 Å². The van der Waals surface area contributed by atoms with E-state index in [-0.39, 0.29) is 0 Å². The average molecular weight is 219 g/mol. The highest BCUT2D eigenvalue weighted by atomic mass is 16.5. The van der Waals surface area contributed by atoms with Gasteiger partial charge in [0.05, 0.1) is 14.2 Å². The van der Waals surface area contributed by atoms with Crippen LogP contribution in [0, 0.1) is 5.92 Å². The molecule has 1 aromatic carbocycles. The summed E-state index contributed by atoms with van der Waals surface area (Å²) in [5.74, 6) is 3.20. The Kier molecular flexibility index (Phi) is 3.70. The summed E-state index contributed by atoms with van der Waals surface area (Å²) in [6.45, 7) is 0. The molecule has 2 nitrogen and oxygen atoms in total. The zero-order valence-electron chi connectivity index (χ0n) is 10.1. The molecule has 0 N–H and O–H groups in total. The van der Waals surface area contributed by atoms with Crippen LogP contribution >= 0.6 is 0 Å². The average Bonchev–Trinajstić information content (AvgIpc) is 2.39. The summed E-state index contributed by atoms with van der Waals surface area (Å²) < 4.78 is 10.6. The lowest BCUT2D eigenvalue weighted by molar-refractivity contribution is 0.354. The fourth-order valence-corrected chi connectivity index (χ4v) is 2.32. The molecule has 0 bridgehead atoms. The second-order valence-corrected chi connectivity index (χ2v) is 4.23. The molecule has 1 aliphatic rings. The van der Waals surface area contributed by atoms with Gasteiger partial charge in [-0.25, -0.2) is 0 Å². The van der Waals surface area contributed by atoms with Gasteiger partial charge in [0.2, 0.25) is 0 Å². The normalized spacial score (nSPS) is 17.1. The first-order valence-corrected chi connectivity index (χ1v) is 5.92. The van der Waals surface area contributed by atoms with E-state index in [1.165, 1.54) is 37.7 Å². The highest BCUT2D eigenvalue weighted by molar-refractivity contribution is 5.47. The highest BCUT2D eigenvalue weighted by Crippen LogP contribution is 2.36. The van der Waals surface area contributed by atoms with Crippen molar-refractivity contribution in [1.29, 1.82) is 0 Å². The molecule has 0 aliphatic heterocycles. The maximum Gasteiger partial charge on any atom is 0.161 e. The third-order valence-corrected chi connectivity index (χ3v) is 3.25. The molecule has 16 heavy (non-hydrogen) atoms. The molecule has 87 valence electrons. The van der Waals surface area contributed by atoms with E-state index in [1.54, 1.807) is 20.1 Å². The van der Waals surface area contributed by atoms with Gasteiger partial charge in [0.25, 0.3) is 0 Å². The third kappa shape index (κ3) is 2.31. The van der Waals surface area contributed by atoms with Gasteiger partial charge in [-0.3, -0.25) is 0 Å². The molecule has 0 aromatic heterocycles. The van der Waals surface area contributed by atoms with E-state index in [9.17, 15) is 0 Å². The number of methoxy groups -OCH3 is 2. The number of benzene rings is 1. The van der Waals surface area contributed by atoms with Crippen LogP contribution in [0.2, 0.25) is 0 Å². The van der Waals surface area contributed by atoms with Gasteiger partial charge in [0.15, 0.2) is 11.5 Å². The van der Waals surface area contributed by atoms with Crippen molar-refractivity contribution in [3.8, 4) is 11.5 Å². The lowest BCUT2D eigenvalue weighted by Gasteiger charge is -2.22. The van der Waals surface area contributed by atoms with Crippen molar-refractivity contribution in [2.24, 2.45) is 0 Å². The first kappa shape index (κ1) is 11.3. The molecule has 1 aromatic rings. The zero-order valence-corrected chi connectivity index (χ0v) is 10.1. The molecule has 0 unspecified atom stereocenters. The molecule has 0 atom stereocenters. The van der Waals surface area contributed by atoms with Crippen molar-refractivity contribution in [2.45, 2.75) is 32.1 Å². The number of hydrogen-bond acceptors (Lipinski definition) is 2. The quantitative estimate of drug-likeness (QED) is 0.773. The van der Waals surface area contributed by atoms with Gasteiger partial charge in [-0.2, -0.15) is 0 Å². The fraction of sp³-hybridized carbons (Fsp3) is 0.500. The van der Waals surface area contributed by atoms with Crippen molar-refractivity contribution < 1.29 is 9.47 Å². The van der Waals surface area contributed by atoms with E-state index in [1.807, 2.05) is 6.07 Å². The van der Waals surface area contributed by atoms with Crippen molar-refractivity contribution in [3.05, 3.63) is 29.7 Å². The molecule has 0 heterocycles. The van der Waals surface area contributed by atoms with E-state index in [4.69, 9.17) is 9.47 Å². The van der Waals surface area contributed by atoms with Crippen LogP contribution in [0.25, 0.3) is 0 Å². The smallest absolute Gasteiger partial charge is 0.161 e. The molecule has 2 heteroatoms. The minimum absolute atomic E-state index is 0.808. The molecule has 2 rings (SSSR count). The van der Waals surface area contributed by atoms with Gasteiger partial charge in [-0.15, -0.1) is 0 Å². The number of ether oxygens (including phenoxy) is 2. The Morgan fingerprint density at radius 1 is 0.875 bits per heavy atom. The van der Waals surface area contributed by atoms with Gasteiger partial charge in [0, 0.05) is 5.92 Å². The summed E-state index contributed by atoms with van der Waals surface area (Å²) in [5, 5.41) is 0. The number of rotatable bonds is 3. The van der Waals surface area contributed by atoms with Crippen molar-refractivity contribution >= 4 is 0 Å². The van der Waals surface area contributed by atoms with Crippen LogP contribution in [0.4, 0.5) is 0 Å². The minimum atomic E-state index is 0.808. The molecule has 0 spiro atoms. The minimum Gasteiger partial charge on any atom is -0.493 e. The standard InChI is InChI=1S/C14H19O2/c1-15-13-9-8-12(10-14(13)16-2)11-6-4-3-5-7-11/h8-10H,3-7H2,1-2H3. The van der Waals surface area contributed by atoms with E-state index in [0.717, 1.165) is 11.5 Å². The third-order valence-electron chi connectivity index (χ3n) is 3.25. The molecule has 1 aliphatic carbocycles. The molecule has 1 radical (unpaired) electrons. The summed E-state index contributed by atoms with van der Waals surface area (Å²) >= 11 is 0. The summed E-state index contributed by atoms with van der Waals surface area (Å²) in [6, 6.07) is 6.23. The van der Waals surface area contributed by atoms with Gasteiger partial charge < -0.3 is 9.47 Å². The second-order valence-electron chi connectivity index (χ2n) is 4.23. The van der Waals surface area contributed by atoms with E-state index in [0.29, 0.717) is 0 Å². The molecule has 0 saturated heterocycles. The van der Waals surface area contributed by atoms with Gasteiger partial charge >= 0.3 is 0 Å². The van der Waals surface area contributed by atoms with Crippen LogP contribution in [-0.2, 0) is 0 Å². The Morgan fingerprint density at radius 3 is 2.19 bits per heavy atom. The van der Waals surface area contributed by atoms with Crippen LogP contribution in [0.15, 0.2) is 18.2 Å². The van der Waals surface area contributed by atoms with Crippen LogP contribution in [0.1, 0.15) is 37.7 Å². The lowest BCUT2D eigenvalue weighted by atomic mass is 9.84. The molecular weight excluding hydrogens is 200 g/mol. The van der Waals surface area contributed by atoms with Gasteiger partial charge in [0.1, 0.15) is 0 Å². The van der Waals surface area contributed by atoms with Crippen molar-refractivity contribution in [2.75, 3.05) is 14.2 Å². The Labute approximate surface area is 97.6 Å². The van der Waals surface area contributed by atoms with Crippen molar-refractivity contribution in [1.82, 2.24) is 0 Å². The number of hydrogen-bond donors (Lipinski definition) is 0. The maximum absolute atomic E-state index is 5.33. The summed E-state index contributed by atoms with van der Waals surface area (Å²) in [5.41, 5.74) is 1.32. The van der Waals surface area contributed by atoms with Crippen LogP contribution < -0.4 is 9.47 Å². The summed E-state index contributed by atoms with van der Waals surface area (Å²) in [7, 11) is 3.36. The molecule has 1 fully saturated rings. The SMILES string of the molecule is COc1ccc([C]2CCCCC2)cc1OC. The largest absolute Gasteiger partial charge is 0.493 e.